The quantitative estimate of drug-likeness (QED) is 0.763. The lowest BCUT2D eigenvalue weighted by atomic mass is 10.1. The smallest absolute Gasteiger partial charge is 0.0189 e. The van der Waals surface area contributed by atoms with Crippen LogP contribution < -0.4 is 5.32 Å². The van der Waals surface area contributed by atoms with E-state index >= 15 is 0 Å². The van der Waals surface area contributed by atoms with Gasteiger partial charge in [0.15, 0.2) is 0 Å². The lowest BCUT2D eigenvalue weighted by Gasteiger charge is -2.24. The molecule has 0 saturated carbocycles. The standard InChI is InChI=1S/C13H22N2/c1-12(11-14-2)15(3)10-9-13-7-5-4-6-8-13/h4-8,12,14H,9-11H2,1-3H3. The van der Waals surface area contributed by atoms with E-state index in [4.69, 9.17) is 0 Å². The topological polar surface area (TPSA) is 15.3 Å². The van der Waals surface area contributed by atoms with Crippen molar-refractivity contribution in [2.24, 2.45) is 0 Å². The van der Waals surface area contributed by atoms with Crippen LogP contribution in [0, 0.1) is 0 Å². The van der Waals surface area contributed by atoms with Gasteiger partial charge in [-0.2, -0.15) is 0 Å². The van der Waals surface area contributed by atoms with Gasteiger partial charge in [-0.15, -0.1) is 0 Å². The Kier molecular flexibility index (Phi) is 5.37. The Labute approximate surface area is 93.3 Å². The molecule has 0 amide bonds. The molecule has 0 radical (unpaired) electrons. The molecule has 2 heteroatoms. The van der Waals surface area contributed by atoms with Crippen LogP contribution in [0.1, 0.15) is 12.5 Å². The van der Waals surface area contributed by atoms with E-state index in [1.54, 1.807) is 0 Å². The Morgan fingerprint density at radius 1 is 1.27 bits per heavy atom. The van der Waals surface area contributed by atoms with Crippen molar-refractivity contribution in [1.82, 2.24) is 10.2 Å². The third kappa shape index (κ3) is 4.45. The van der Waals surface area contributed by atoms with Crippen LogP contribution in [0.5, 0.6) is 0 Å². The summed E-state index contributed by atoms with van der Waals surface area (Å²) < 4.78 is 0. The molecule has 0 saturated heterocycles. The lowest BCUT2D eigenvalue weighted by Crippen LogP contribution is -2.37. The monoisotopic (exact) mass is 206 g/mol. The Morgan fingerprint density at radius 2 is 1.93 bits per heavy atom. The van der Waals surface area contributed by atoms with Gasteiger partial charge in [-0.3, -0.25) is 0 Å². The Morgan fingerprint density at radius 3 is 2.53 bits per heavy atom. The van der Waals surface area contributed by atoms with Gasteiger partial charge < -0.3 is 10.2 Å². The average molecular weight is 206 g/mol. The maximum absolute atomic E-state index is 3.20. The minimum absolute atomic E-state index is 0.596. The molecular formula is C13H22N2. The largest absolute Gasteiger partial charge is 0.318 e. The molecule has 0 aliphatic rings. The number of rotatable bonds is 6. The molecule has 0 fully saturated rings. The van der Waals surface area contributed by atoms with E-state index in [1.807, 2.05) is 7.05 Å². The van der Waals surface area contributed by atoms with Crippen molar-refractivity contribution in [1.29, 1.82) is 0 Å². The van der Waals surface area contributed by atoms with E-state index < -0.39 is 0 Å². The zero-order valence-corrected chi connectivity index (χ0v) is 10.0. The van der Waals surface area contributed by atoms with Crippen LogP contribution in [0.3, 0.4) is 0 Å². The zero-order chi connectivity index (χ0) is 11.1. The number of benzene rings is 1. The second kappa shape index (κ2) is 6.59. The summed E-state index contributed by atoms with van der Waals surface area (Å²) in [5.41, 5.74) is 1.42. The highest BCUT2D eigenvalue weighted by molar-refractivity contribution is 5.14. The number of likely N-dealkylation sites (N-methyl/N-ethyl adjacent to an activating group) is 2. The van der Waals surface area contributed by atoms with E-state index in [2.05, 4.69) is 54.5 Å². The SMILES string of the molecule is CNCC(C)N(C)CCc1ccccc1. The van der Waals surface area contributed by atoms with E-state index in [9.17, 15) is 0 Å². The fraction of sp³-hybridized carbons (Fsp3) is 0.538. The summed E-state index contributed by atoms with van der Waals surface area (Å²) in [6.07, 6.45) is 1.13. The third-order valence-corrected chi connectivity index (χ3v) is 2.85. The molecule has 1 aromatic carbocycles. The highest BCUT2D eigenvalue weighted by atomic mass is 15.1. The maximum Gasteiger partial charge on any atom is 0.0189 e. The summed E-state index contributed by atoms with van der Waals surface area (Å²) in [4.78, 5) is 2.39. The zero-order valence-electron chi connectivity index (χ0n) is 10.0. The normalized spacial score (nSPS) is 13.1. The number of nitrogens with one attached hydrogen (secondary N) is 1. The first kappa shape index (κ1) is 12.2. The number of hydrogen-bond donors (Lipinski definition) is 1. The van der Waals surface area contributed by atoms with Crippen molar-refractivity contribution in [2.75, 3.05) is 27.2 Å². The molecule has 1 atom stereocenters. The van der Waals surface area contributed by atoms with E-state index in [0.717, 1.165) is 19.5 Å². The molecule has 1 rings (SSSR count). The molecule has 2 nitrogen and oxygen atoms in total. The van der Waals surface area contributed by atoms with Crippen molar-refractivity contribution >= 4 is 0 Å². The minimum atomic E-state index is 0.596. The molecule has 0 aromatic heterocycles. The van der Waals surface area contributed by atoms with Gasteiger partial charge in [0.05, 0.1) is 0 Å². The Bertz CT molecular complexity index is 258. The lowest BCUT2D eigenvalue weighted by molar-refractivity contribution is 0.257. The van der Waals surface area contributed by atoms with E-state index in [-0.39, 0.29) is 0 Å². The molecule has 1 aromatic rings. The van der Waals surface area contributed by atoms with Gasteiger partial charge in [0, 0.05) is 19.1 Å². The minimum Gasteiger partial charge on any atom is -0.318 e. The predicted octanol–water partition coefficient (Wildman–Crippen LogP) is 1.77. The summed E-state index contributed by atoms with van der Waals surface area (Å²) in [5, 5.41) is 3.20. The first-order valence-corrected chi connectivity index (χ1v) is 5.63. The van der Waals surface area contributed by atoms with Gasteiger partial charge in [-0.05, 0) is 33.0 Å². The molecule has 15 heavy (non-hydrogen) atoms. The molecule has 0 heterocycles. The Balaban J connectivity index is 2.31. The summed E-state index contributed by atoms with van der Waals surface area (Å²) in [5.74, 6) is 0. The van der Waals surface area contributed by atoms with Crippen LogP contribution in [0.25, 0.3) is 0 Å². The van der Waals surface area contributed by atoms with Crippen molar-refractivity contribution < 1.29 is 0 Å². The van der Waals surface area contributed by atoms with Crippen LogP contribution in [0.15, 0.2) is 30.3 Å². The first-order chi connectivity index (χ1) is 7.24. The number of nitrogens with zero attached hydrogens (tertiary/aromatic N) is 1. The van der Waals surface area contributed by atoms with Gasteiger partial charge in [-0.1, -0.05) is 30.3 Å². The molecular weight excluding hydrogens is 184 g/mol. The summed E-state index contributed by atoms with van der Waals surface area (Å²) >= 11 is 0. The van der Waals surface area contributed by atoms with Gasteiger partial charge >= 0.3 is 0 Å². The summed E-state index contributed by atoms with van der Waals surface area (Å²) in [7, 11) is 4.19. The van der Waals surface area contributed by atoms with Crippen molar-refractivity contribution in [3.63, 3.8) is 0 Å². The summed E-state index contributed by atoms with van der Waals surface area (Å²) in [6.45, 7) is 4.42. The van der Waals surface area contributed by atoms with Gasteiger partial charge in [0.2, 0.25) is 0 Å². The third-order valence-electron chi connectivity index (χ3n) is 2.85. The fourth-order valence-corrected chi connectivity index (χ4v) is 1.62. The summed E-state index contributed by atoms with van der Waals surface area (Å²) in [6, 6.07) is 11.3. The predicted molar refractivity (Wildman–Crippen MR) is 66.2 cm³/mol. The van der Waals surface area contributed by atoms with Gasteiger partial charge in [-0.25, -0.2) is 0 Å². The highest BCUT2D eigenvalue weighted by Gasteiger charge is 2.07. The van der Waals surface area contributed by atoms with Crippen LogP contribution in [0.2, 0.25) is 0 Å². The average Bonchev–Trinajstić information content (AvgIpc) is 2.27. The van der Waals surface area contributed by atoms with Crippen molar-refractivity contribution in [3.8, 4) is 0 Å². The van der Waals surface area contributed by atoms with Gasteiger partial charge in [0.25, 0.3) is 0 Å². The van der Waals surface area contributed by atoms with Crippen LogP contribution in [-0.2, 0) is 6.42 Å². The van der Waals surface area contributed by atoms with Crippen LogP contribution >= 0.6 is 0 Å². The van der Waals surface area contributed by atoms with E-state index in [0.29, 0.717) is 6.04 Å². The second-order valence-corrected chi connectivity index (χ2v) is 4.12. The molecule has 84 valence electrons. The fourth-order valence-electron chi connectivity index (χ4n) is 1.62. The first-order valence-electron chi connectivity index (χ1n) is 5.63. The molecule has 1 unspecified atom stereocenters. The molecule has 0 aliphatic carbocycles. The number of hydrogen-bond acceptors (Lipinski definition) is 2. The highest BCUT2D eigenvalue weighted by Crippen LogP contribution is 2.02. The van der Waals surface area contributed by atoms with Crippen molar-refractivity contribution in [2.45, 2.75) is 19.4 Å². The second-order valence-electron chi connectivity index (χ2n) is 4.12. The van der Waals surface area contributed by atoms with Crippen LogP contribution in [-0.4, -0.2) is 38.1 Å². The van der Waals surface area contributed by atoms with Gasteiger partial charge in [0.1, 0.15) is 0 Å². The molecule has 0 spiro atoms. The molecule has 1 N–H and O–H groups in total. The van der Waals surface area contributed by atoms with Crippen molar-refractivity contribution in [3.05, 3.63) is 35.9 Å². The van der Waals surface area contributed by atoms with E-state index in [1.165, 1.54) is 5.56 Å². The molecule has 0 bridgehead atoms. The Hall–Kier alpha value is -0.860. The van der Waals surface area contributed by atoms with Crippen LogP contribution in [0.4, 0.5) is 0 Å². The maximum atomic E-state index is 3.20. The molecule has 0 aliphatic heterocycles.